The van der Waals surface area contributed by atoms with Crippen LogP contribution in [0.25, 0.3) is 0 Å². The Kier molecular flexibility index (Phi) is 11.2. The fraction of sp³-hybridized carbons (Fsp3) is 0.381. The lowest BCUT2D eigenvalue weighted by Crippen LogP contribution is -2.71. The number of phenols is 1. The summed E-state index contributed by atoms with van der Waals surface area (Å²) >= 11 is 0. The van der Waals surface area contributed by atoms with Crippen LogP contribution in [0.4, 0.5) is 0 Å². The lowest BCUT2D eigenvalue weighted by atomic mass is 9.52. The maximum Gasteiger partial charge on any atom is 0.326 e. The maximum absolute atomic E-state index is 14.1. The Bertz CT molecular complexity index is 2200. The minimum atomic E-state index is -1.80. The van der Waals surface area contributed by atoms with Gasteiger partial charge in [-0.3, -0.25) is 24.1 Å². The second-order valence-corrected chi connectivity index (χ2v) is 15.2. The van der Waals surface area contributed by atoms with Crippen LogP contribution in [0.3, 0.4) is 0 Å². The molecule has 17 nitrogen and oxygen atoms in total. The highest BCUT2D eigenvalue weighted by Crippen LogP contribution is 2.66. The molecule has 2 aliphatic heterocycles. The summed E-state index contributed by atoms with van der Waals surface area (Å²) in [5.41, 5.74) is -1.11. The zero-order valence-corrected chi connectivity index (χ0v) is 31.8. The number of likely N-dealkylation sites (tertiary alicyclic amines) is 1. The number of ether oxygens (including phenoxy) is 3. The first kappa shape index (κ1) is 40.9. The number of amides is 2. The highest BCUT2D eigenvalue weighted by atomic mass is 16.6. The maximum atomic E-state index is 14.1. The van der Waals surface area contributed by atoms with Crippen LogP contribution >= 0.6 is 0 Å². The molecule has 0 radical (unpaired) electrons. The van der Waals surface area contributed by atoms with Crippen molar-refractivity contribution in [2.75, 3.05) is 13.6 Å². The summed E-state index contributed by atoms with van der Waals surface area (Å²) in [5, 5.41) is 56.6. The summed E-state index contributed by atoms with van der Waals surface area (Å²) in [6, 6.07) is 14.7. The summed E-state index contributed by atoms with van der Waals surface area (Å²) < 4.78 is 18.8. The fourth-order valence-corrected chi connectivity index (χ4v) is 9.09. The average Bonchev–Trinajstić information content (AvgIpc) is 3.56. The Morgan fingerprint density at radius 1 is 0.831 bits per heavy atom. The molecule has 4 aliphatic rings. The number of benzene rings is 3. The largest absolute Gasteiger partial charge is 0.504 e. The van der Waals surface area contributed by atoms with Crippen molar-refractivity contribution in [2.45, 2.75) is 86.0 Å². The summed E-state index contributed by atoms with van der Waals surface area (Å²) in [7, 11) is 1.86. The van der Waals surface area contributed by atoms with Gasteiger partial charge >= 0.3 is 23.9 Å². The minimum absolute atomic E-state index is 0.0567. The number of likely N-dealkylation sites (N-methyl/N-ethyl adjacent to an activating group) is 1. The van der Waals surface area contributed by atoms with Gasteiger partial charge in [-0.1, -0.05) is 66.7 Å². The smallest absolute Gasteiger partial charge is 0.326 e. The average molecular weight is 814 g/mol. The molecule has 2 heterocycles. The van der Waals surface area contributed by atoms with E-state index in [-0.39, 0.29) is 41.2 Å². The van der Waals surface area contributed by atoms with Gasteiger partial charge in [-0.15, -0.1) is 0 Å². The molecular weight excluding hydrogens is 770 g/mol. The monoisotopic (exact) mass is 813 g/mol. The standard InChI is InChI=1S/C42H43N3O14/c1-45-18-8-16-41-32-24-13-14-27(46)35(32)58-36(41)28(57-30(47)20-25(39(53)54)43-37(51)33(49)22-9-4-2-5-10-22)15-17-42(41,29(45)19-24)59-31(48)21-26(40(55)56)44-38(52)34(50)23-11-6-3-7-12-23/h2-7,9-15,25-26,29,33-34,36,46,49-50H,8,16-21H2,1H3,(H,43,51)(H,44,52)(H,53,54)(H,55,56)/t25-,26-,29+,33-,34-,36-,41-,42+/m0/s1. The highest BCUT2D eigenvalue weighted by Gasteiger charge is 2.73. The zero-order valence-electron chi connectivity index (χ0n) is 31.8. The van der Waals surface area contributed by atoms with Crippen LogP contribution < -0.4 is 15.4 Å². The topological polar surface area (TPSA) is 259 Å². The quantitative estimate of drug-likeness (QED) is 0.114. The predicted octanol–water partition coefficient (Wildman–Crippen LogP) is 1.54. The van der Waals surface area contributed by atoms with Gasteiger partial charge < -0.3 is 50.4 Å². The summed E-state index contributed by atoms with van der Waals surface area (Å²) in [6.45, 7) is 0.531. The number of aliphatic hydroxyl groups is 2. The number of aliphatic carboxylic acids is 2. The van der Waals surface area contributed by atoms with E-state index < -0.39 is 96.0 Å². The second kappa shape index (κ2) is 16.2. The van der Waals surface area contributed by atoms with Crippen LogP contribution in [-0.2, 0) is 50.1 Å². The van der Waals surface area contributed by atoms with Crippen molar-refractivity contribution in [3.05, 3.63) is 107 Å². The van der Waals surface area contributed by atoms with Gasteiger partial charge in [0.1, 0.15) is 23.4 Å². The molecule has 1 saturated heterocycles. The lowest BCUT2D eigenvalue weighted by Gasteiger charge is -2.58. The molecule has 2 amide bonds. The van der Waals surface area contributed by atoms with Gasteiger partial charge in [0.05, 0.1) is 24.3 Å². The van der Waals surface area contributed by atoms with Gasteiger partial charge in [-0.2, -0.15) is 0 Å². The van der Waals surface area contributed by atoms with Crippen molar-refractivity contribution in [3.63, 3.8) is 0 Å². The Morgan fingerprint density at radius 3 is 1.95 bits per heavy atom. The second-order valence-electron chi connectivity index (χ2n) is 15.2. The molecule has 7 N–H and O–H groups in total. The molecule has 7 rings (SSSR count). The number of rotatable bonds is 14. The summed E-state index contributed by atoms with van der Waals surface area (Å²) in [4.78, 5) is 80.1. The van der Waals surface area contributed by atoms with Crippen molar-refractivity contribution >= 4 is 35.7 Å². The van der Waals surface area contributed by atoms with Crippen LogP contribution in [0.2, 0.25) is 0 Å². The number of nitrogens with one attached hydrogen (secondary N) is 2. The van der Waals surface area contributed by atoms with Gasteiger partial charge in [0, 0.05) is 12.0 Å². The molecule has 3 aromatic carbocycles. The van der Waals surface area contributed by atoms with Gasteiger partial charge in [0.2, 0.25) is 0 Å². The number of phenolic OH excluding ortho intramolecular Hbond substituents is 1. The fourth-order valence-electron chi connectivity index (χ4n) is 9.09. The number of carboxylic acid groups (broad SMARTS) is 2. The number of carbonyl (C=O) groups excluding carboxylic acids is 4. The minimum Gasteiger partial charge on any atom is -0.504 e. The van der Waals surface area contributed by atoms with E-state index in [9.17, 15) is 54.3 Å². The summed E-state index contributed by atoms with van der Waals surface area (Å²) in [6.07, 6.45) is -3.81. The van der Waals surface area contributed by atoms with Crippen molar-refractivity contribution in [3.8, 4) is 11.5 Å². The number of carboxylic acids is 2. The Hall–Kier alpha value is -6.30. The summed E-state index contributed by atoms with van der Waals surface area (Å²) in [5.74, 6) is -7.48. The third kappa shape index (κ3) is 7.36. The van der Waals surface area contributed by atoms with Gasteiger partial charge in [-0.05, 0) is 61.7 Å². The number of hydrogen-bond donors (Lipinski definition) is 7. The normalized spacial score (nSPS) is 24.6. The number of nitrogens with zero attached hydrogens (tertiary/aromatic N) is 1. The van der Waals surface area contributed by atoms with Crippen molar-refractivity contribution in [1.82, 2.24) is 15.5 Å². The molecule has 2 aliphatic carbocycles. The van der Waals surface area contributed by atoms with Crippen molar-refractivity contribution in [2.24, 2.45) is 0 Å². The Balaban J connectivity index is 1.18. The lowest BCUT2D eigenvalue weighted by molar-refractivity contribution is -0.192. The number of esters is 2. The van der Waals surface area contributed by atoms with E-state index in [0.717, 1.165) is 5.56 Å². The number of hydrogen-bond acceptors (Lipinski definition) is 13. The van der Waals surface area contributed by atoms with Crippen molar-refractivity contribution < 1.29 is 68.5 Å². The molecule has 310 valence electrons. The molecule has 17 heteroatoms. The van der Waals surface area contributed by atoms with Gasteiger partial charge in [0.15, 0.2) is 29.8 Å². The van der Waals surface area contributed by atoms with E-state index in [0.29, 0.717) is 24.9 Å². The van der Waals surface area contributed by atoms with E-state index in [4.69, 9.17) is 14.2 Å². The highest BCUT2D eigenvalue weighted by molar-refractivity contribution is 5.90. The van der Waals surface area contributed by atoms with Crippen LogP contribution in [0.5, 0.6) is 11.5 Å². The van der Waals surface area contributed by atoms with E-state index in [1.54, 1.807) is 42.5 Å². The van der Waals surface area contributed by atoms with E-state index in [2.05, 4.69) is 10.6 Å². The first-order valence-corrected chi connectivity index (χ1v) is 19.0. The van der Waals surface area contributed by atoms with Crippen molar-refractivity contribution in [1.29, 1.82) is 0 Å². The number of carbonyl (C=O) groups is 6. The molecule has 59 heavy (non-hydrogen) atoms. The molecule has 0 aromatic heterocycles. The molecular formula is C42H43N3O14. The molecule has 8 atom stereocenters. The molecule has 1 fully saturated rings. The van der Waals surface area contributed by atoms with Crippen LogP contribution in [0.15, 0.2) is 84.6 Å². The predicted molar refractivity (Wildman–Crippen MR) is 202 cm³/mol. The van der Waals surface area contributed by atoms with E-state index in [1.165, 1.54) is 36.4 Å². The molecule has 0 unspecified atom stereocenters. The third-order valence-corrected chi connectivity index (χ3v) is 11.8. The third-order valence-electron chi connectivity index (χ3n) is 11.8. The molecule has 3 aromatic rings. The molecule has 0 saturated carbocycles. The van der Waals surface area contributed by atoms with E-state index in [1.807, 2.05) is 11.9 Å². The first-order chi connectivity index (χ1) is 28.2. The Labute approximate surface area is 337 Å². The SMILES string of the molecule is CN1CCC[C@]23c4c5ccc(O)c4O[C@H]2C(OC(=O)C[C@H](NC(=O)[C@@H](O)c2ccccc2)C(=O)O)=CC[C@@]3(OC(=O)C[C@H](NC(=O)[C@@H](O)c2ccccc2)C(=O)O)[C@H]1C5. The molecule has 2 bridgehead atoms. The Morgan fingerprint density at radius 2 is 1.39 bits per heavy atom. The number of aliphatic hydroxyl groups excluding tert-OH is 2. The van der Waals surface area contributed by atoms with Crippen LogP contribution in [0, 0.1) is 0 Å². The van der Waals surface area contributed by atoms with Crippen LogP contribution in [-0.4, -0.2) is 110 Å². The van der Waals surface area contributed by atoms with Gasteiger partial charge in [-0.25, -0.2) is 9.59 Å². The van der Waals surface area contributed by atoms with Gasteiger partial charge in [0.25, 0.3) is 11.8 Å². The van der Waals surface area contributed by atoms with E-state index >= 15 is 0 Å². The molecule has 1 spiro atoms. The zero-order chi connectivity index (χ0) is 42.2. The first-order valence-electron chi connectivity index (χ1n) is 19.0. The number of aromatic hydroxyl groups is 1. The van der Waals surface area contributed by atoms with Crippen LogP contribution in [0.1, 0.15) is 66.6 Å².